The van der Waals surface area contributed by atoms with Gasteiger partial charge in [-0.2, -0.15) is 9.10 Å². The lowest BCUT2D eigenvalue weighted by molar-refractivity contribution is 0.155. The Bertz CT molecular complexity index is 2930. The van der Waals surface area contributed by atoms with Gasteiger partial charge >= 0.3 is 6.09 Å². The van der Waals surface area contributed by atoms with Gasteiger partial charge in [-0.1, -0.05) is 54.6 Å². The second kappa shape index (κ2) is 17.8. The summed E-state index contributed by atoms with van der Waals surface area (Å²) in [6.07, 6.45) is 0.475. The lowest BCUT2D eigenvalue weighted by Gasteiger charge is -2.26. The largest absolute Gasteiger partial charge is 0.497 e. The quantitative estimate of drug-likeness (QED) is 0.111. The number of H-pyrrole nitrogens is 1. The second-order valence-electron chi connectivity index (χ2n) is 14.7. The third-order valence-electron chi connectivity index (χ3n) is 10.7. The van der Waals surface area contributed by atoms with Crippen molar-refractivity contribution in [1.29, 1.82) is 0 Å². The van der Waals surface area contributed by atoms with Crippen LogP contribution in [0.1, 0.15) is 23.1 Å². The number of fused-ring (bicyclic) bond motifs is 1. The lowest BCUT2D eigenvalue weighted by atomic mass is 9.98. The molecular weight excluding hydrogens is 851 g/mol. The number of imidazole rings is 1. The van der Waals surface area contributed by atoms with Crippen molar-refractivity contribution in [2.75, 3.05) is 34.4 Å². The molecule has 63 heavy (non-hydrogen) atoms. The number of sulfonamides is 2. The third-order valence-corrected chi connectivity index (χ3v) is 14.3. The monoisotopic (exact) mass is 893 g/mol. The van der Waals surface area contributed by atoms with Gasteiger partial charge in [0.05, 0.1) is 50.8 Å². The highest BCUT2D eigenvalue weighted by Gasteiger charge is 2.39. The number of nitrogens with zero attached hydrogens (tertiary/aromatic N) is 7. The van der Waals surface area contributed by atoms with Crippen LogP contribution in [0.5, 0.6) is 17.2 Å². The Hall–Kier alpha value is -6.87. The van der Waals surface area contributed by atoms with Gasteiger partial charge in [-0.25, -0.2) is 31.3 Å². The van der Waals surface area contributed by atoms with Crippen molar-refractivity contribution < 1.29 is 40.9 Å². The van der Waals surface area contributed by atoms with Crippen molar-refractivity contribution in [3.8, 4) is 39.8 Å². The maximum absolute atomic E-state index is 16.0. The fourth-order valence-electron chi connectivity index (χ4n) is 7.50. The molecule has 1 atom stereocenters. The number of tetrazole rings is 1. The zero-order valence-electron chi connectivity index (χ0n) is 34.4. The van der Waals surface area contributed by atoms with E-state index >= 15 is 8.42 Å². The molecule has 0 spiro atoms. The number of amides is 1. The molecule has 3 heterocycles. The summed E-state index contributed by atoms with van der Waals surface area (Å²) in [6, 6.07) is 28.2. The van der Waals surface area contributed by atoms with Gasteiger partial charge in [-0.05, 0) is 82.4 Å². The van der Waals surface area contributed by atoms with E-state index in [9.17, 15) is 18.3 Å². The van der Waals surface area contributed by atoms with E-state index in [1.807, 2.05) is 18.2 Å². The average Bonchev–Trinajstić information content (AvgIpc) is 4.08. The molecule has 326 valence electrons. The number of ether oxygens (including phenoxy) is 3. The first-order valence-electron chi connectivity index (χ1n) is 19.6. The molecule has 5 aromatic carbocycles. The van der Waals surface area contributed by atoms with E-state index < -0.39 is 42.0 Å². The van der Waals surface area contributed by atoms with Crippen LogP contribution in [0, 0.1) is 0 Å². The number of likely N-dealkylation sites (tertiary alicyclic amines) is 1. The minimum atomic E-state index is -4.92. The molecule has 0 aliphatic carbocycles. The minimum Gasteiger partial charge on any atom is -0.497 e. The fourth-order valence-corrected chi connectivity index (χ4v) is 11.2. The first-order valence-corrected chi connectivity index (χ1v) is 22.6. The molecule has 2 aromatic heterocycles. The van der Waals surface area contributed by atoms with Crippen molar-refractivity contribution in [2.45, 2.75) is 41.9 Å². The number of nitrogens with one attached hydrogen (secondary N) is 2. The van der Waals surface area contributed by atoms with Gasteiger partial charge in [0.2, 0.25) is 25.9 Å². The Kier molecular flexibility index (Phi) is 12.1. The molecule has 1 aliphatic rings. The highest BCUT2D eigenvalue weighted by molar-refractivity contribution is 7.92. The number of aromatic nitrogens is 6. The Balaban J connectivity index is 1.37. The molecule has 7 aromatic rings. The first kappa shape index (κ1) is 42.8. The number of para-hydroxylation sites is 1. The van der Waals surface area contributed by atoms with Crippen LogP contribution in [0.3, 0.4) is 0 Å². The number of hydrogen-bond donors (Lipinski definition) is 3. The van der Waals surface area contributed by atoms with E-state index in [-0.39, 0.29) is 56.1 Å². The molecule has 0 radical (unpaired) electrons. The summed E-state index contributed by atoms with van der Waals surface area (Å²) < 4.78 is 81.4. The van der Waals surface area contributed by atoms with Crippen molar-refractivity contribution in [1.82, 2.24) is 44.1 Å². The van der Waals surface area contributed by atoms with Crippen LogP contribution in [0.25, 0.3) is 33.5 Å². The number of methoxy groups -OCH3 is 3. The van der Waals surface area contributed by atoms with E-state index in [1.165, 1.54) is 41.8 Å². The molecule has 0 saturated carbocycles. The summed E-state index contributed by atoms with van der Waals surface area (Å²) in [6.45, 7) is -0.309. The molecule has 1 saturated heterocycles. The summed E-state index contributed by atoms with van der Waals surface area (Å²) in [7, 11) is -5.05. The maximum Gasteiger partial charge on any atom is 0.407 e. The molecule has 0 bridgehead atoms. The molecule has 8 rings (SSSR count). The van der Waals surface area contributed by atoms with Crippen LogP contribution in [0.4, 0.5) is 4.79 Å². The summed E-state index contributed by atoms with van der Waals surface area (Å²) in [5.41, 5.74) is 3.66. The van der Waals surface area contributed by atoms with E-state index in [1.54, 1.807) is 79.9 Å². The minimum absolute atomic E-state index is 0.0876. The van der Waals surface area contributed by atoms with E-state index in [0.717, 1.165) is 10.5 Å². The van der Waals surface area contributed by atoms with Crippen molar-refractivity contribution in [2.24, 2.45) is 0 Å². The SMILES string of the molecule is COc1ccc(CN(Cc2ccc(OC)cc2)S(=O)(=O)c2c(S(=O)(=O)NC3CCN(C(=O)O)C3)ccc(-c3cccc4[nH]cnc34)c2-c2nnn(Cc3ccc(OC)cc3)n2)cc1. The Morgan fingerprint density at radius 1 is 0.810 bits per heavy atom. The van der Waals surface area contributed by atoms with Crippen LogP contribution in [-0.2, 0) is 39.7 Å². The molecular formula is C43H43N9O9S2. The molecule has 1 amide bonds. The van der Waals surface area contributed by atoms with Crippen molar-refractivity contribution in [3.05, 3.63) is 126 Å². The topological polar surface area (TPSA) is 224 Å². The van der Waals surface area contributed by atoms with E-state index in [0.29, 0.717) is 45.0 Å². The molecule has 1 aliphatic heterocycles. The highest BCUT2D eigenvalue weighted by Crippen LogP contribution is 2.43. The number of carbonyl (C=O) groups is 1. The van der Waals surface area contributed by atoms with Gasteiger partial charge in [0.15, 0.2) is 0 Å². The van der Waals surface area contributed by atoms with Crippen molar-refractivity contribution >= 4 is 37.2 Å². The molecule has 3 N–H and O–H groups in total. The zero-order valence-corrected chi connectivity index (χ0v) is 36.0. The third kappa shape index (κ3) is 9.05. The first-order chi connectivity index (χ1) is 30.4. The van der Waals surface area contributed by atoms with Gasteiger partial charge in [0.25, 0.3) is 0 Å². The maximum atomic E-state index is 16.0. The summed E-state index contributed by atoms with van der Waals surface area (Å²) in [5.74, 6) is 1.59. The van der Waals surface area contributed by atoms with Gasteiger partial charge in [0, 0.05) is 37.8 Å². The molecule has 20 heteroatoms. The molecule has 1 fully saturated rings. The lowest BCUT2D eigenvalue weighted by Crippen LogP contribution is -2.39. The van der Waals surface area contributed by atoms with Crippen LogP contribution in [-0.4, -0.2) is 108 Å². The zero-order chi connectivity index (χ0) is 44.3. The highest BCUT2D eigenvalue weighted by atomic mass is 32.2. The summed E-state index contributed by atoms with van der Waals surface area (Å²) in [5, 5.41) is 23.1. The predicted octanol–water partition coefficient (Wildman–Crippen LogP) is 5.38. The summed E-state index contributed by atoms with van der Waals surface area (Å²) >= 11 is 0. The number of benzene rings is 5. The number of hydrogen-bond acceptors (Lipinski definition) is 12. The van der Waals surface area contributed by atoms with Gasteiger partial charge in [-0.15, -0.1) is 10.2 Å². The average molecular weight is 894 g/mol. The van der Waals surface area contributed by atoms with E-state index in [2.05, 4.69) is 25.0 Å². The van der Waals surface area contributed by atoms with Gasteiger partial charge in [0.1, 0.15) is 27.0 Å². The predicted molar refractivity (Wildman–Crippen MR) is 231 cm³/mol. The Morgan fingerprint density at radius 3 is 1.98 bits per heavy atom. The number of aromatic amines is 1. The summed E-state index contributed by atoms with van der Waals surface area (Å²) in [4.78, 5) is 20.6. The van der Waals surface area contributed by atoms with Gasteiger partial charge < -0.3 is 29.2 Å². The standard InChI is InChI=1S/C43H43N9O9S2/c1-59-32-13-7-28(8-14-32)23-51(24-29-9-15-33(60-2)16-10-29)63(57,58)41-38(62(55,56)48-31-21-22-50(26-31)43(53)54)20-19-35(36-5-4-6-37-40(36)45-27-44-37)39(41)42-46-49-52(47-42)25-30-11-17-34(61-3)18-12-30/h4-20,27,31,48H,21-26H2,1-3H3,(H,44,45)(H,53,54). The Labute approximate surface area is 363 Å². The van der Waals surface area contributed by atoms with Crippen LogP contribution in [0.2, 0.25) is 0 Å². The molecule has 1 unspecified atom stereocenters. The van der Waals surface area contributed by atoms with E-state index in [4.69, 9.17) is 19.3 Å². The number of carboxylic acid groups (broad SMARTS) is 1. The van der Waals surface area contributed by atoms with Crippen molar-refractivity contribution in [3.63, 3.8) is 0 Å². The second-order valence-corrected chi connectivity index (χ2v) is 18.3. The van der Waals surface area contributed by atoms with Gasteiger partial charge in [-0.3, -0.25) is 0 Å². The smallest absolute Gasteiger partial charge is 0.407 e. The Morgan fingerprint density at radius 2 is 1.41 bits per heavy atom. The molecule has 18 nitrogen and oxygen atoms in total. The number of rotatable bonds is 16. The van der Waals surface area contributed by atoms with Crippen LogP contribution < -0.4 is 18.9 Å². The fraction of sp³-hybridized carbons (Fsp3) is 0.233. The normalized spacial score (nSPS) is 14.3. The van der Waals surface area contributed by atoms with Crippen LogP contribution in [0.15, 0.2) is 119 Å². The van der Waals surface area contributed by atoms with Crippen LogP contribution >= 0.6 is 0 Å².